The van der Waals surface area contributed by atoms with Gasteiger partial charge in [0, 0.05) is 17.0 Å². The van der Waals surface area contributed by atoms with Crippen LogP contribution in [0.25, 0.3) is 6.08 Å². The predicted octanol–water partition coefficient (Wildman–Crippen LogP) is 2.77. The zero-order chi connectivity index (χ0) is 22.1. The monoisotopic (exact) mass is 455 g/mol. The lowest BCUT2D eigenvalue weighted by molar-refractivity contribution is -0.384. The highest BCUT2D eigenvalue weighted by Gasteiger charge is 2.33. The Hall–Kier alpha value is -3.37. The average Bonchev–Trinajstić information content (AvgIpc) is 3.36. The summed E-state index contributed by atoms with van der Waals surface area (Å²) >= 11 is 2.62. The van der Waals surface area contributed by atoms with E-state index < -0.39 is 16.9 Å². The summed E-state index contributed by atoms with van der Waals surface area (Å²) in [6.07, 6.45) is 1.60. The van der Waals surface area contributed by atoms with E-state index in [4.69, 9.17) is 4.74 Å². The van der Waals surface area contributed by atoms with E-state index in [0.717, 1.165) is 4.88 Å². The summed E-state index contributed by atoms with van der Waals surface area (Å²) in [6, 6.07) is 9.15. The lowest BCUT2D eigenvalue weighted by Crippen LogP contribution is -2.39. The number of esters is 1. The van der Waals surface area contributed by atoms with Crippen molar-refractivity contribution in [2.75, 3.05) is 6.61 Å². The van der Waals surface area contributed by atoms with Crippen LogP contribution in [0.4, 0.5) is 5.69 Å². The van der Waals surface area contributed by atoms with Crippen LogP contribution in [0.1, 0.15) is 30.3 Å². The Kier molecular flexibility index (Phi) is 5.66. The molecule has 0 amide bonds. The fourth-order valence-corrected chi connectivity index (χ4v) is 5.26. The fraction of sp³-hybridized carbons (Fsp3) is 0.190. The van der Waals surface area contributed by atoms with Gasteiger partial charge in [0.15, 0.2) is 4.80 Å². The summed E-state index contributed by atoms with van der Waals surface area (Å²) < 4.78 is 7.11. The predicted molar refractivity (Wildman–Crippen MR) is 118 cm³/mol. The van der Waals surface area contributed by atoms with Crippen molar-refractivity contribution >= 4 is 40.4 Å². The third-order valence-corrected chi connectivity index (χ3v) is 6.62. The molecular formula is C21H17N3O5S2. The molecule has 0 aliphatic carbocycles. The summed E-state index contributed by atoms with van der Waals surface area (Å²) in [5.74, 6) is -0.505. The minimum Gasteiger partial charge on any atom is -0.463 e. The largest absolute Gasteiger partial charge is 0.463 e. The normalized spacial score (nSPS) is 16.1. The first-order valence-corrected chi connectivity index (χ1v) is 11.1. The Balaban J connectivity index is 1.92. The molecule has 4 rings (SSSR count). The van der Waals surface area contributed by atoms with Gasteiger partial charge in [-0.3, -0.25) is 19.5 Å². The lowest BCUT2D eigenvalue weighted by Gasteiger charge is -2.23. The highest BCUT2D eigenvalue weighted by atomic mass is 32.1. The zero-order valence-electron chi connectivity index (χ0n) is 16.6. The lowest BCUT2D eigenvalue weighted by atomic mass is 10.0. The number of aromatic nitrogens is 1. The van der Waals surface area contributed by atoms with Gasteiger partial charge in [-0.05, 0) is 36.9 Å². The van der Waals surface area contributed by atoms with Crippen molar-refractivity contribution in [1.29, 1.82) is 0 Å². The van der Waals surface area contributed by atoms with Crippen molar-refractivity contribution in [2.45, 2.75) is 19.9 Å². The Morgan fingerprint density at radius 3 is 2.84 bits per heavy atom. The van der Waals surface area contributed by atoms with Crippen molar-refractivity contribution in [3.05, 3.63) is 93.3 Å². The Morgan fingerprint density at radius 2 is 2.16 bits per heavy atom. The molecule has 0 spiro atoms. The second-order valence-electron chi connectivity index (χ2n) is 6.67. The number of ether oxygens (including phenoxy) is 1. The molecule has 31 heavy (non-hydrogen) atoms. The number of non-ortho nitro benzene ring substituents is 1. The molecular weight excluding hydrogens is 438 g/mol. The molecule has 2 aromatic heterocycles. The van der Waals surface area contributed by atoms with E-state index in [1.54, 1.807) is 32.1 Å². The van der Waals surface area contributed by atoms with Gasteiger partial charge in [-0.2, -0.15) is 0 Å². The van der Waals surface area contributed by atoms with Gasteiger partial charge in [-0.1, -0.05) is 29.5 Å². The zero-order valence-corrected chi connectivity index (χ0v) is 18.2. The van der Waals surface area contributed by atoms with Crippen LogP contribution in [0.5, 0.6) is 0 Å². The van der Waals surface area contributed by atoms with Gasteiger partial charge in [-0.15, -0.1) is 11.3 Å². The van der Waals surface area contributed by atoms with Gasteiger partial charge in [0.05, 0.1) is 27.3 Å². The van der Waals surface area contributed by atoms with Crippen molar-refractivity contribution in [3.63, 3.8) is 0 Å². The standard InChI is InChI=1S/C21H17N3O5S2/c1-3-29-20(26)17-12(2)22-21-23(18(17)15-8-5-9-30-15)19(25)16(31-21)11-13-6-4-7-14(10-13)24(27)28/h4-11,18H,3H2,1-2H3/b16-11+/t18-/m1/s1. The van der Waals surface area contributed by atoms with Crippen LogP contribution < -0.4 is 14.9 Å². The van der Waals surface area contributed by atoms with Crippen LogP contribution in [0.3, 0.4) is 0 Å². The summed E-state index contributed by atoms with van der Waals surface area (Å²) in [5.41, 5.74) is 0.994. The molecule has 0 bridgehead atoms. The van der Waals surface area contributed by atoms with Crippen LogP contribution in [0, 0.1) is 10.1 Å². The molecule has 0 unspecified atom stereocenters. The molecule has 1 aliphatic heterocycles. The number of carbonyl (C=O) groups excluding carboxylic acids is 1. The first-order valence-electron chi connectivity index (χ1n) is 9.38. The highest BCUT2D eigenvalue weighted by molar-refractivity contribution is 7.10. The molecule has 1 aromatic carbocycles. The summed E-state index contributed by atoms with van der Waals surface area (Å²) in [6.45, 7) is 3.66. The van der Waals surface area contributed by atoms with E-state index in [1.807, 2.05) is 17.5 Å². The molecule has 0 saturated carbocycles. The van der Waals surface area contributed by atoms with Crippen LogP contribution in [0.15, 0.2) is 62.8 Å². The third-order valence-electron chi connectivity index (χ3n) is 4.71. The van der Waals surface area contributed by atoms with Gasteiger partial charge < -0.3 is 4.74 Å². The average molecular weight is 456 g/mol. The number of hydrogen-bond donors (Lipinski definition) is 0. The number of fused-ring (bicyclic) bond motifs is 1. The Morgan fingerprint density at radius 1 is 1.35 bits per heavy atom. The van der Waals surface area contributed by atoms with Crippen LogP contribution in [0.2, 0.25) is 0 Å². The molecule has 0 fully saturated rings. The number of allylic oxidation sites excluding steroid dienone is 1. The number of nitrogens with zero attached hydrogens (tertiary/aromatic N) is 3. The minimum absolute atomic E-state index is 0.0570. The first-order chi connectivity index (χ1) is 14.9. The molecule has 1 atom stereocenters. The van der Waals surface area contributed by atoms with Gasteiger partial charge in [0.2, 0.25) is 0 Å². The number of carbonyl (C=O) groups is 1. The highest BCUT2D eigenvalue weighted by Crippen LogP contribution is 2.33. The minimum atomic E-state index is -0.637. The fourth-order valence-electron chi connectivity index (χ4n) is 3.39. The van der Waals surface area contributed by atoms with Gasteiger partial charge in [0.25, 0.3) is 11.2 Å². The second-order valence-corrected chi connectivity index (χ2v) is 8.66. The molecule has 158 valence electrons. The van der Waals surface area contributed by atoms with E-state index in [0.29, 0.717) is 26.2 Å². The van der Waals surface area contributed by atoms with Gasteiger partial charge in [0.1, 0.15) is 6.04 Å². The Labute approximate surface area is 184 Å². The summed E-state index contributed by atoms with van der Waals surface area (Å²) in [5, 5.41) is 12.9. The molecule has 3 aromatic rings. The van der Waals surface area contributed by atoms with E-state index in [9.17, 15) is 19.7 Å². The Bertz CT molecular complexity index is 1380. The maximum Gasteiger partial charge on any atom is 0.338 e. The molecule has 0 radical (unpaired) electrons. The maximum atomic E-state index is 13.4. The number of benzene rings is 1. The summed E-state index contributed by atoms with van der Waals surface area (Å²) in [4.78, 5) is 42.4. The maximum absolute atomic E-state index is 13.4. The molecule has 8 nitrogen and oxygen atoms in total. The van der Waals surface area contributed by atoms with E-state index in [2.05, 4.69) is 4.99 Å². The van der Waals surface area contributed by atoms with Crippen molar-refractivity contribution in [1.82, 2.24) is 4.57 Å². The van der Waals surface area contributed by atoms with Gasteiger partial charge >= 0.3 is 5.97 Å². The number of thiazole rings is 1. The second kappa shape index (κ2) is 8.40. The molecule has 10 heteroatoms. The number of nitro groups is 1. The number of thiophene rings is 1. The summed E-state index contributed by atoms with van der Waals surface area (Å²) in [7, 11) is 0. The van der Waals surface area contributed by atoms with E-state index in [-0.39, 0.29) is 17.9 Å². The quantitative estimate of drug-likeness (QED) is 0.334. The van der Waals surface area contributed by atoms with Gasteiger partial charge in [-0.25, -0.2) is 9.79 Å². The number of hydrogen-bond acceptors (Lipinski definition) is 8. The molecule has 3 heterocycles. The SMILES string of the molecule is CCOC(=O)C1=C(C)N=c2s/c(=C/c3cccc([N+](=O)[O-])c3)c(=O)n2[C@@H]1c1cccs1. The van der Waals surface area contributed by atoms with Crippen LogP contribution in [-0.2, 0) is 9.53 Å². The topological polar surface area (TPSA) is 104 Å². The smallest absolute Gasteiger partial charge is 0.338 e. The van der Waals surface area contributed by atoms with Crippen LogP contribution >= 0.6 is 22.7 Å². The molecule has 1 aliphatic rings. The van der Waals surface area contributed by atoms with Crippen molar-refractivity contribution < 1.29 is 14.5 Å². The third kappa shape index (κ3) is 3.87. The van der Waals surface area contributed by atoms with E-state index in [1.165, 1.54) is 39.4 Å². The van der Waals surface area contributed by atoms with E-state index >= 15 is 0 Å². The van der Waals surface area contributed by atoms with Crippen molar-refractivity contribution in [3.8, 4) is 0 Å². The van der Waals surface area contributed by atoms with Crippen LogP contribution in [-0.4, -0.2) is 22.1 Å². The first kappa shape index (κ1) is 20.9. The number of nitro benzene ring substituents is 1. The van der Waals surface area contributed by atoms with Crippen molar-refractivity contribution in [2.24, 2.45) is 4.99 Å². The number of rotatable bonds is 5. The molecule has 0 saturated heterocycles. The molecule has 0 N–H and O–H groups in total.